The summed E-state index contributed by atoms with van der Waals surface area (Å²) in [5.41, 5.74) is 7.35. The summed E-state index contributed by atoms with van der Waals surface area (Å²) in [5.74, 6) is 5.34. The van der Waals surface area contributed by atoms with Crippen molar-refractivity contribution in [2.75, 3.05) is 6.61 Å². The van der Waals surface area contributed by atoms with Gasteiger partial charge >= 0.3 is 5.97 Å². The molecule has 0 spiro atoms. The van der Waals surface area contributed by atoms with E-state index < -0.39 is 12.0 Å². The largest absolute Gasteiger partial charge is 0.480 e. The second-order valence-corrected chi connectivity index (χ2v) is 6.95. The summed E-state index contributed by atoms with van der Waals surface area (Å²) in [7, 11) is 0. The number of hydrogen-bond acceptors (Lipinski definition) is 4. The normalized spacial score (nSPS) is 17.6. The van der Waals surface area contributed by atoms with E-state index in [-0.39, 0.29) is 12.1 Å². The zero-order chi connectivity index (χ0) is 19.8. The molecule has 3 rings (SSSR count). The van der Waals surface area contributed by atoms with Gasteiger partial charge < -0.3 is 15.6 Å². The number of carboxylic acids is 1. The Balaban J connectivity index is 0.000000279. The summed E-state index contributed by atoms with van der Waals surface area (Å²) in [4.78, 5) is 10.0. The highest BCUT2D eigenvalue weighted by Gasteiger charge is 2.18. The van der Waals surface area contributed by atoms with Crippen LogP contribution in [0.4, 0.5) is 0 Å². The lowest BCUT2D eigenvalue weighted by Crippen LogP contribution is -2.34. The van der Waals surface area contributed by atoms with E-state index in [0.29, 0.717) is 0 Å². The number of rotatable bonds is 3. The number of fused-ring (bicyclic) bond motifs is 1. The predicted octanol–water partition coefficient (Wildman–Crippen LogP) is 3.55. The summed E-state index contributed by atoms with van der Waals surface area (Å²) >= 11 is 0. The van der Waals surface area contributed by atoms with Crippen LogP contribution in [0, 0.1) is 17.8 Å². The number of nitrogens with zero attached hydrogens (tertiary/aromatic N) is 2. The van der Waals surface area contributed by atoms with Gasteiger partial charge in [0.25, 0.3) is 0 Å². The van der Waals surface area contributed by atoms with Crippen LogP contribution in [0.15, 0.2) is 24.4 Å². The van der Waals surface area contributed by atoms with Crippen LogP contribution in [-0.2, 0) is 9.53 Å². The highest BCUT2D eigenvalue weighted by Crippen LogP contribution is 2.26. The number of carboxylic acid groups (broad SMARTS) is 1. The molecule has 146 valence electrons. The SMILES string of the molecule is CC(C)[C@H](N)C(=O)O.CCC#Cc1ccc2c(cnn2C2CCCCO2)c1. The number of aliphatic carboxylic acids is 1. The van der Waals surface area contributed by atoms with Crippen molar-refractivity contribution in [3.63, 3.8) is 0 Å². The van der Waals surface area contributed by atoms with Crippen molar-refractivity contribution < 1.29 is 14.6 Å². The zero-order valence-corrected chi connectivity index (χ0v) is 16.3. The standard InChI is InChI=1S/C16H18N2O.C5H11NO2/c1-2-3-6-13-8-9-15-14(11-13)12-17-18(15)16-7-4-5-10-19-16;1-3(2)4(6)5(7)8/h8-9,11-12,16H,2,4-5,7,10H2,1H3;3-4H,6H2,1-2H3,(H,7,8)/t;4-/m.0/s1. The summed E-state index contributed by atoms with van der Waals surface area (Å²) in [6, 6.07) is 5.55. The molecular weight excluding hydrogens is 342 g/mol. The first-order valence-electron chi connectivity index (χ1n) is 9.50. The zero-order valence-electron chi connectivity index (χ0n) is 16.3. The van der Waals surface area contributed by atoms with Crippen LogP contribution in [0.1, 0.15) is 58.2 Å². The van der Waals surface area contributed by atoms with Crippen LogP contribution in [0.2, 0.25) is 0 Å². The Kier molecular flexibility index (Phi) is 7.83. The van der Waals surface area contributed by atoms with Crippen LogP contribution in [0.5, 0.6) is 0 Å². The second-order valence-electron chi connectivity index (χ2n) is 6.95. The molecule has 6 nitrogen and oxygen atoms in total. The van der Waals surface area contributed by atoms with Crippen molar-refractivity contribution >= 4 is 16.9 Å². The molecule has 2 aromatic rings. The molecule has 1 fully saturated rings. The molecular formula is C21H29N3O3. The minimum Gasteiger partial charge on any atom is -0.480 e. The minimum atomic E-state index is -0.931. The predicted molar refractivity (Wildman–Crippen MR) is 106 cm³/mol. The Labute approximate surface area is 160 Å². The van der Waals surface area contributed by atoms with E-state index in [1.807, 2.05) is 10.9 Å². The Morgan fingerprint density at radius 1 is 1.44 bits per heavy atom. The fraction of sp³-hybridized carbons (Fsp3) is 0.524. The van der Waals surface area contributed by atoms with Gasteiger partial charge in [-0.05, 0) is 43.4 Å². The van der Waals surface area contributed by atoms with E-state index in [9.17, 15) is 4.79 Å². The Morgan fingerprint density at radius 3 is 2.78 bits per heavy atom. The van der Waals surface area contributed by atoms with Gasteiger partial charge in [0, 0.05) is 24.0 Å². The lowest BCUT2D eigenvalue weighted by molar-refractivity contribution is -0.139. The third-order valence-corrected chi connectivity index (χ3v) is 4.44. The number of benzene rings is 1. The Morgan fingerprint density at radius 2 is 2.22 bits per heavy atom. The lowest BCUT2D eigenvalue weighted by atomic mass is 10.1. The molecule has 1 aromatic heterocycles. The van der Waals surface area contributed by atoms with E-state index in [1.165, 1.54) is 6.42 Å². The van der Waals surface area contributed by atoms with Gasteiger partial charge in [-0.1, -0.05) is 32.6 Å². The van der Waals surface area contributed by atoms with E-state index >= 15 is 0 Å². The lowest BCUT2D eigenvalue weighted by Gasteiger charge is -2.23. The van der Waals surface area contributed by atoms with Gasteiger partial charge in [-0.2, -0.15) is 5.10 Å². The quantitative estimate of drug-likeness (QED) is 0.805. The highest BCUT2D eigenvalue weighted by molar-refractivity contribution is 5.80. The highest BCUT2D eigenvalue weighted by atomic mass is 16.5. The van der Waals surface area contributed by atoms with Crippen LogP contribution in [0.3, 0.4) is 0 Å². The number of aromatic nitrogens is 2. The summed E-state index contributed by atoms with van der Waals surface area (Å²) in [6.07, 6.45) is 6.31. The third kappa shape index (κ3) is 5.81. The van der Waals surface area contributed by atoms with Crippen LogP contribution < -0.4 is 5.73 Å². The first-order chi connectivity index (χ1) is 12.9. The Hall–Kier alpha value is -2.36. The van der Waals surface area contributed by atoms with Gasteiger partial charge in [0.1, 0.15) is 6.04 Å². The van der Waals surface area contributed by atoms with Crippen molar-refractivity contribution in [2.24, 2.45) is 11.7 Å². The molecule has 0 radical (unpaired) electrons. The molecule has 2 heterocycles. The van der Waals surface area contributed by atoms with Gasteiger partial charge in [0.2, 0.25) is 0 Å². The van der Waals surface area contributed by atoms with E-state index in [4.69, 9.17) is 15.6 Å². The number of carbonyl (C=O) groups is 1. The molecule has 6 heteroatoms. The van der Waals surface area contributed by atoms with Crippen molar-refractivity contribution in [1.82, 2.24) is 9.78 Å². The van der Waals surface area contributed by atoms with Gasteiger partial charge in [-0.15, -0.1) is 0 Å². The van der Waals surface area contributed by atoms with Crippen LogP contribution in [0.25, 0.3) is 10.9 Å². The minimum absolute atomic E-state index is 0.0208. The molecule has 1 aromatic carbocycles. The Bertz CT molecular complexity index is 811. The number of hydrogen-bond donors (Lipinski definition) is 2. The van der Waals surface area contributed by atoms with Gasteiger partial charge in [-0.3, -0.25) is 4.79 Å². The fourth-order valence-electron chi connectivity index (χ4n) is 2.75. The van der Waals surface area contributed by atoms with Gasteiger partial charge in [-0.25, -0.2) is 4.68 Å². The molecule has 1 unspecified atom stereocenters. The van der Waals surface area contributed by atoms with E-state index in [2.05, 4.69) is 42.1 Å². The van der Waals surface area contributed by atoms with E-state index in [0.717, 1.165) is 42.3 Å². The molecule has 0 bridgehead atoms. The molecule has 3 N–H and O–H groups in total. The molecule has 2 atom stereocenters. The van der Waals surface area contributed by atoms with Gasteiger partial charge in [0.15, 0.2) is 6.23 Å². The first kappa shape index (κ1) is 20.9. The monoisotopic (exact) mass is 371 g/mol. The van der Waals surface area contributed by atoms with Crippen molar-refractivity contribution in [3.05, 3.63) is 30.0 Å². The maximum absolute atomic E-state index is 10.0. The molecule has 0 saturated carbocycles. The first-order valence-corrected chi connectivity index (χ1v) is 9.50. The molecule has 27 heavy (non-hydrogen) atoms. The van der Waals surface area contributed by atoms with E-state index in [1.54, 1.807) is 13.8 Å². The van der Waals surface area contributed by atoms with Crippen molar-refractivity contribution in [1.29, 1.82) is 0 Å². The summed E-state index contributed by atoms with van der Waals surface area (Å²) in [6.45, 7) is 6.45. The summed E-state index contributed by atoms with van der Waals surface area (Å²) < 4.78 is 7.80. The van der Waals surface area contributed by atoms with Crippen LogP contribution in [-0.4, -0.2) is 33.5 Å². The second kappa shape index (κ2) is 10.1. The molecule has 1 aliphatic heterocycles. The van der Waals surface area contributed by atoms with Crippen molar-refractivity contribution in [3.8, 4) is 11.8 Å². The van der Waals surface area contributed by atoms with Crippen LogP contribution >= 0.6 is 0 Å². The average molecular weight is 371 g/mol. The molecule has 0 amide bonds. The molecule has 1 saturated heterocycles. The maximum Gasteiger partial charge on any atom is 0.320 e. The molecule has 1 aliphatic rings. The average Bonchev–Trinajstić information content (AvgIpc) is 3.10. The number of nitrogens with two attached hydrogens (primary N) is 1. The fourth-order valence-corrected chi connectivity index (χ4v) is 2.75. The number of ether oxygens (including phenoxy) is 1. The molecule has 0 aliphatic carbocycles. The van der Waals surface area contributed by atoms with Gasteiger partial charge in [0.05, 0.1) is 11.7 Å². The maximum atomic E-state index is 10.0. The summed E-state index contributed by atoms with van der Waals surface area (Å²) in [5, 5.41) is 13.8. The third-order valence-electron chi connectivity index (χ3n) is 4.44. The smallest absolute Gasteiger partial charge is 0.320 e. The van der Waals surface area contributed by atoms with Crippen molar-refractivity contribution in [2.45, 2.75) is 58.7 Å². The topological polar surface area (TPSA) is 90.4 Å².